The van der Waals surface area contributed by atoms with Crippen LogP contribution < -0.4 is 10.3 Å². The van der Waals surface area contributed by atoms with Gasteiger partial charge in [0.2, 0.25) is 5.56 Å². The molecule has 3 aromatic rings. The van der Waals surface area contributed by atoms with Gasteiger partial charge in [-0.3, -0.25) is 4.79 Å². The number of hydrogen-bond acceptors (Lipinski definition) is 3. The van der Waals surface area contributed by atoms with Crippen molar-refractivity contribution in [2.75, 3.05) is 19.8 Å². The molecule has 0 bridgehead atoms. The molecule has 1 aliphatic heterocycles. The number of aromatic nitrogens is 1. The zero-order chi connectivity index (χ0) is 17.1. The molecule has 1 saturated heterocycles. The molecular weight excluding hydrogens is 314 g/mol. The van der Waals surface area contributed by atoms with Gasteiger partial charge in [0.1, 0.15) is 5.75 Å². The highest BCUT2D eigenvalue weighted by atomic mass is 16.5. The highest BCUT2D eigenvalue weighted by Crippen LogP contribution is 2.36. The van der Waals surface area contributed by atoms with Gasteiger partial charge in [0.25, 0.3) is 0 Å². The maximum absolute atomic E-state index is 11.4. The van der Waals surface area contributed by atoms with E-state index in [0.717, 1.165) is 53.7 Å². The van der Waals surface area contributed by atoms with E-state index in [9.17, 15) is 4.79 Å². The van der Waals surface area contributed by atoms with E-state index in [2.05, 4.69) is 23.2 Å². The Kier molecular flexibility index (Phi) is 4.53. The van der Waals surface area contributed by atoms with Crippen molar-refractivity contribution in [2.45, 2.75) is 12.8 Å². The summed E-state index contributed by atoms with van der Waals surface area (Å²) in [4.78, 5) is 14.2. The van der Waals surface area contributed by atoms with E-state index in [4.69, 9.17) is 9.47 Å². The van der Waals surface area contributed by atoms with Crippen LogP contribution in [0.5, 0.6) is 5.75 Å². The van der Waals surface area contributed by atoms with Crippen LogP contribution in [0.2, 0.25) is 0 Å². The molecule has 0 amide bonds. The van der Waals surface area contributed by atoms with Crippen molar-refractivity contribution in [1.82, 2.24) is 4.98 Å². The average Bonchev–Trinajstić information content (AvgIpc) is 3.16. The largest absolute Gasteiger partial charge is 0.493 e. The van der Waals surface area contributed by atoms with Gasteiger partial charge in [-0.05, 0) is 41.7 Å². The highest BCUT2D eigenvalue weighted by Gasteiger charge is 2.16. The van der Waals surface area contributed by atoms with E-state index >= 15 is 0 Å². The van der Waals surface area contributed by atoms with Gasteiger partial charge in [0.15, 0.2) is 0 Å². The van der Waals surface area contributed by atoms with E-state index < -0.39 is 0 Å². The van der Waals surface area contributed by atoms with Crippen molar-refractivity contribution in [2.24, 2.45) is 5.92 Å². The van der Waals surface area contributed by atoms with E-state index in [-0.39, 0.29) is 5.56 Å². The van der Waals surface area contributed by atoms with Crippen molar-refractivity contribution in [1.29, 1.82) is 0 Å². The third kappa shape index (κ3) is 3.44. The molecule has 1 aromatic heterocycles. The summed E-state index contributed by atoms with van der Waals surface area (Å²) >= 11 is 0. The number of pyridine rings is 1. The molecule has 1 atom stereocenters. The predicted molar refractivity (Wildman–Crippen MR) is 99.0 cm³/mol. The minimum Gasteiger partial charge on any atom is -0.493 e. The molecule has 0 spiro atoms. The zero-order valence-electron chi connectivity index (χ0n) is 14.0. The summed E-state index contributed by atoms with van der Waals surface area (Å²) in [6, 6.07) is 15.7. The Hall–Kier alpha value is -2.59. The van der Waals surface area contributed by atoms with E-state index in [0.29, 0.717) is 12.5 Å². The molecule has 4 nitrogen and oxygen atoms in total. The number of H-pyrrole nitrogens is 1. The van der Waals surface area contributed by atoms with Gasteiger partial charge in [-0.25, -0.2) is 0 Å². The van der Waals surface area contributed by atoms with Crippen LogP contribution in [0.3, 0.4) is 0 Å². The van der Waals surface area contributed by atoms with Crippen molar-refractivity contribution in [3.8, 4) is 16.9 Å². The fourth-order valence-electron chi connectivity index (χ4n) is 3.38. The summed E-state index contributed by atoms with van der Waals surface area (Å²) in [5.74, 6) is 1.45. The number of nitrogens with one attached hydrogen (secondary N) is 1. The zero-order valence-corrected chi connectivity index (χ0v) is 14.0. The molecule has 1 N–H and O–H groups in total. The fraction of sp³-hybridized carbons (Fsp3) is 0.286. The lowest BCUT2D eigenvalue weighted by Gasteiger charge is -2.15. The highest BCUT2D eigenvalue weighted by molar-refractivity contribution is 5.99. The van der Waals surface area contributed by atoms with Gasteiger partial charge in [0, 0.05) is 36.6 Å². The first-order valence-electron chi connectivity index (χ1n) is 8.73. The number of fused-ring (bicyclic) bond motifs is 1. The minimum absolute atomic E-state index is 0.104. The fourth-order valence-corrected chi connectivity index (χ4v) is 3.38. The lowest BCUT2D eigenvalue weighted by Crippen LogP contribution is -2.07. The first kappa shape index (κ1) is 15.9. The molecule has 1 unspecified atom stereocenters. The molecule has 2 heterocycles. The van der Waals surface area contributed by atoms with Crippen LogP contribution in [-0.4, -0.2) is 24.8 Å². The second kappa shape index (κ2) is 7.11. The quantitative estimate of drug-likeness (QED) is 0.767. The van der Waals surface area contributed by atoms with Crippen LogP contribution in [0.1, 0.15) is 12.8 Å². The van der Waals surface area contributed by atoms with Crippen LogP contribution >= 0.6 is 0 Å². The Bertz CT molecular complexity index is 905. The summed E-state index contributed by atoms with van der Waals surface area (Å²) in [6.45, 7) is 2.37. The summed E-state index contributed by atoms with van der Waals surface area (Å²) in [5.41, 5.74) is 1.88. The van der Waals surface area contributed by atoms with Gasteiger partial charge < -0.3 is 14.5 Å². The summed E-state index contributed by atoms with van der Waals surface area (Å²) in [5, 5.41) is 2.27. The molecule has 128 valence electrons. The van der Waals surface area contributed by atoms with E-state index in [1.165, 1.54) is 0 Å². The maximum atomic E-state index is 11.4. The number of ether oxygens (including phenoxy) is 2. The predicted octanol–water partition coefficient (Wildman–Crippen LogP) is 4.00. The molecule has 0 radical (unpaired) electrons. The van der Waals surface area contributed by atoms with Crippen molar-refractivity contribution >= 4 is 10.8 Å². The Morgan fingerprint density at radius 1 is 1.12 bits per heavy atom. The number of hydrogen-bond donors (Lipinski definition) is 1. The topological polar surface area (TPSA) is 51.3 Å². The molecule has 1 aliphatic rings. The van der Waals surface area contributed by atoms with E-state index in [1.54, 1.807) is 12.3 Å². The van der Waals surface area contributed by atoms with Gasteiger partial charge in [-0.1, -0.05) is 30.3 Å². The minimum atomic E-state index is -0.104. The SMILES string of the molecule is O=c1ccc(-c2c(OCCC3CCOC3)ccc3ccccc23)c[nH]1. The van der Waals surface area contributed by atoms with Gasteiger partial charge >= 0.3 is 0 Å². The van der Waals surface area contributed by atoms with Gasteiger partial charge in [-0.15, -0.1) is 0 Å². The van der Waals surface area contributed by atoms with Crippen LogP contribution in [0.15, 0.2) is 59.5 Å². The molecule has 0 aliphatic carbocycles. The molecule has 4 rings (SSSR count). The second-order valence-electron chi connectivity index (χ2n) is 6.47. The third-order valence-corrected chi connectivity index (χ3v) is 4.77. The first-order valence-corrected chi connectivity index (χ1v) is 8.73. The van der Waals surface area contributed by atoms with Gasteiger partial charge in [-0.2, -0.15) is 0 Å². The molecule has 0 saturated carbocycles. The lowest BCUT2D eigenvalue weighted by atomic mass is 9.98. The Morgan fingerprint density at radius 3 is 2.84 bits per heavy atom. The Morgan fingerprint density at radius 2 is 2.04 bits per heavy atom. The number of rotatable bonds is 5. The number of benzene rings is 2. The first-order chi connectivity index (χ1) is 12.3. The van der Waals surface area contributed by atoms with Crippen molar-refractivity contribution in [3.63, 3.8) is 0 Å². The maximum Gasteiger partial charge on any atom is 0.247 e. The molecular formula is C21H21NO3. The molecule has 1 fully saturated rings. The van der Waals surface area contributed by atoms with Crippen LogP contribution in [-0.2, 0) is 4.74 Å². The number of aromatic amines is 1. The monoisotopic (exact) mass is 335 g/mol. The Labute approximate surface area is 146 Å². The van der Waals surface area contributed by atoms with Crippen molar-refractivity contribution < 1.29 is 9.47 Å². The van der Waals surface area contributed by atoms with Crippen LogP contribution in [0, 0.1) is 5.92 Å². The average molecular weight is 335 g/mol. The standard InChI is InChI=1S/C21H21NO3/c23-20-8-6-17(13-22-20)21-18-4-2-1-3-16(18)5-7-19(21)25-12-10-15-9-11-24-14-15/h1-8,13,15H,9-12,14H2,(H,22,23). The van der Waals surface area contributed by atoms with Crippen LogP contribution in [0.25, 0.3) is 21.9 Å². The smallest absolute Gasteiger partial charge is 0.247 e. The Balaban J connectivity index is 1.68. The third-order valence-electron chi connectivity index (χ3n) is 4.77. The van der Waals surface area contributed by atoms with Gasteiger partial charge in [0.05, 0.1) is 6.61 Å². The van der Waals surface area contributed by atoms with Crippen molar-refractivity contribution in [3.05, 3.63) is 65.1 Å². The molecule has 4 heteroatoms. The summed E-state index contributed by atoms with van der Waals surface area (Å²) in [6.07, 6.45) is 3.87. The summed E-state index contributed by atoms with van der Waals surface area (Å²) < 4.78 is 11.6. The summed E-state index contributed by atoms with van der Waals surface area (Å²) in [7, 11) is 0. The van der Waals surface area contributed by atoms with E-state index in [1.807, 2.05) is 24.3 Å². The normalized spacial score (nSPS) is 17.0. The molecule has 25 heavy (non-hydrogen) atoms. The molecule has 2 aromatic carbocycles. The van der Waals surface area contributed by atoms with Crippen LogP contribution in [0.4, 0.5) is 0 Å². The lowest BCUT2D eigenvalue weighted by molar-refractivity contribution is 0.178. The second-order valence-corrected chi connectivity index (χ2v) is 6.47.